The van der Waals surface area contributed by atoms with E-state index in [4.69, 9.17) is 4.74 Å². The van der Waals surface area contributed by atoms with Gasteiger partial charge in [-0.25, -0.2) is 0 Å². The zero-order valence-electron chi connectivity index (χ0n) is 9.76. The SMILES string of the molecule is C=CCOC(=O)C(C=O)Cc1ccc(C)nc1. The molecule has 4 heteroatoms. The Labute approximate surface area is 100 Å². The molecule has 1 heterocycles. The van der Waals surface area contributed by atoms with Gasteiger partial charge in [0, 0.05) is 11.9 Å². The summed E-state index contributed by atoms with van der Waals surface area (Å²) in [6.45, 7) is 5.43. The van der Waals surface area contributed by atoms with Gasteiger partial charge in [-0.15, -0.1) is 0 Å². The van der Waals surface area contributed by atoms with Gasteiger partial charge in [-0.05, 0) is 25.0 Å². The van der Waals surface area contributed by atoms with Crippen molar-refractivity contribution in [2.45, 2.75) is 13.3 Å². The van der Waals surface area contributed by atoms with Crippen molar-refractivity contribution < 1.29 is 14.3 Å². The number of hydrogen-bond acceptors (Lipinski definition) is 4. The topological polar surface area (TPSA) is 56.3 Å². The van der Waals surface area contributed by atoms with E-state index in [-0.39, 0.29) is 6.61 Å². The van der Waals surface area contributed by atoms with Gasteiger partial charge in [-0.3, -0.25) is 9.78 Å². The van der Waals surface area contributed by atoms with Crippen LogP contribution in [-0.2, 0) is 20.7 Å². The maximum atomic E-state index is 11.5. The van der Waals surface area contributed by atoms with Crippen LogP contribution in [0.5, 0.6) is 0 Å². The lowest BCUT2D eigenvalue weighted by Crippen LogP contribution is -2.21. The molecule has 0 spiro atoms. The average Bonchev–Trinajstić information content (AvgIpc) is 2.35. The Bertz CT molecular complexity index is 398. The van der Waals surface area contributed by atoms with E-state index in [1.165, 1.54) is 6.08 Å². The third kappa shape index (κ3) is 4.18. The highest BCUT2D eigenvalue weighted by molar-refractivity contribution is 5.88. The quantitative estimate of drug-likeness (QED) is 0.323. The molecule has 90 valence electrons. The molecule has 1 unspecified atom stereocenters. The summed E-state index contributed by atoms with van der Waals surface area (Å²) in [7, 11) is 0. The molecule has 1 aromatic rings. The van der Waals surface area contributed by atoms with Gasteiger partial charge < -0.3 is 9.53 Å². The minimum Gasteiger partial charge on any atom is -0.461 e. The fourth-order valence-electron chi connectivity index (χ4n) is 1.31. The number of pyridine rings is 1. The molecule has 0 aliphatic rings. The first-order chi connectivity index (χ1) is 8.17. The molecule has 1 aromatic heterocycles. The third-order valence-electron chi connectivity index (χ3n) is 2.24. The normalized spacial score (nSPS) is 11.6. The Morgan fingerprint density at radius 1 is 1.59 bits per heavy atom. The number of ether oxygens (including phenoxy) is 1. The highest BCUT2D eigenvalue weighted by atomic mass is 16.5. The number of nitrogens with zero attached hydrogens (tertiary/aromatic N) is 1. The van der Waals surface area contributed by atoms with Crippen molar-refractivity contribution in [3.05, 3.63) is 42.2 Å². The molecule has 0 fully saturated rings. The molecule has 0 aliphatic heterocycles. The second kappa shape index (κ2) is 6.58. The molecule has 0 aliphatic carbocycles. The Balaban J connectivity index is 2.63. The van der Waals surface area contributed by atoms with Gasteiger partial charge in [0.1, 0.15) is 18.8 Å². The lowest BCUT2D eigenvalue weighted by Gasteiger charge is -2.09. The summed E-state index contributed by atoms with van der Waals surface area (Å²) in [5, 5.41) is 0. The summed E-state index contributed by atoms with van der Waals surface area (Å²) in [5.41, 5.74) is 1.73. The lowest BCUT2D eigenvalue weighted by atomic mass is 10.0. The number of esters is 1. The molecule has 0 amide bonds. The van der Waals surface area contributed by atoms with E-state index in [9.17, 15) is 9.59 Å². The third-order valence-corrected chi connectivity index (χ3v) is 2.24. The standard InChI is InChI=1S/C13H15NO3/c1-3-6-17-13(16)12(9-15)7-11-5-4-10(2)14-8-11/h3-5,8-9,12H,1,6-7H2,2H3. The number of aryl methyl sites for hydroxylation is 1. The summed E-state index contributed by atoms with van der Waals surface area (Å²) < 4.78 is 4.83. The van der Waals surface area contributed by atoms with Crippen LogP contribution < -0.4 is 0 Å². The highest BCUT2D eigenvalue weighted by Gasteiger charge is 2.19. The molecule has 1 rings (SSSR count). The number of rotatable bonds is 6. The van der Waals surface area contributed by atoms with Crippen molar-refractivity contribution >= 4 is 12.3 Å². The Kier molecular flexibility index (Phi) is 5.07. The van der Waals surface area contributed by atoms with Gasteiger partial charge in [0.25, 0.3) is 0 Å². The number of hydrogen-bond donors (Lipinski definition) is 0. The molecule has 0 radical (unpaired) electrons. The predicted molar refractivity (Wildman–Crippen MR) is 63.4 cm³/mol. The van der Waals surface area contributed by atoms with Crippen molar-refractivity contribution in [3.8, 4) is 0 Å². The van der Waals surface area contributed by atoms with Gasteiger partial charge >= 0.3 is 5.97 Å². The summed E-state index contributed by atoms with van der Waals surface area (Å²) >= 11 is 0. The first-order valence-electron chi connectivity index (χ1n) is 5.31. The molecule has 17 heavy (non-hydrogen) atoms. The van der Waals surface area contributed by atoms with E-state index in [1.54, 1.807) is 6.20 Å². The number of carbonyl (C=O) groups excluding carboxylic acids is 2. The average molecular weight is 233 g/mol. The highest BCUT2D eigenvalue weighted by Crippen LogP contribution is 2.08. The summed E-state index contributed by atoms with van der Waals surface area (Å²) in [6, 6.07) is 3.69. The van der Waals surface area contributed by atoms with Crippen LogP contribution in [0.4, 0.5) is 0 Å². The molecule has 4 nitrogen and oxygen atoms in total. The van der Waals surface area contributed by atoms with Crippen LogP contribution >= 0.6 is 0 Å². The number of aldehydes is 1. The van der Waals surface area contributed by atoms with Gasteiger partial charge in [-0.1, -0.05) is 18.7 Å². The van der Waals surface area contributed by atoms with Crippen LogP contribution in [0.25, 0.3) is 0 Å². The van der Waals surface area contributed by atoms with E-state index in [0.717, 1.165) is 11.3 Å². The summed E-state index contributed by atoms with van der Waals surface area (Å²) in [4.78, 5) is 26.4. The molecule has 0 saturated heterocycles. The molecule has 0 saturated carbocycles. The maximum Gasteiger partial charge on any atom is 0.316 e. The zero-order valence-corrected chi connectivity index (χ0v) is 9.76. The van der Waals surface area contributed by atoms with Crippen LogP contribution in [0, 0.1) is 12.8 Å². The van der Waals surface area contributed by atoms with Crippen LogP contribution in [-0.4, -0.2) is 23.8 Å². The fraction of sp³-hybridized carbons (Fsp3) is 0.308. The monoisotopic (exact) mass is 233 g/mol. The van der Waals surface area contributed by atoms with Gasteiger partial charge in [-0.2, -0.15) is 0 Å². The van der Waals surface area contributed by atoms with Crippen LogP contribution in [0.15, 0.2) is 31.0 Å². The van der Waals surface area contributed by atoms with E-state index < -0.39 is 11.9 Å². The number of aromatic nitrogens is 1. The fourth-order valence-corrected chi connectivity index (χ4v) is 1.31. The molecular formula is C13H15NO3. The Morgan fingerprint density at radius 2 is 2.35 bits per heavy atom. The van der Waals surface area contributed by atoms with Crippen LogP contribution in [0.3, 0.4) is 0 Å². The van der Waals surface area contributed by atoms with Gasteiger partial charge in [0.15, 0.2) is 0 Å². The summed E-state index contributed by atoms with van der Waals surface area (Å²) in [5.74, 6) is -1.31. The van der Waals surface area contributed by atoms with E-state index in [1.807, 2.05) is 19.1 Å². The summed E-state index contributed by atoms with van der Waals surface area (Å²) in [6.07, 6.45) is 4.04. The van der Waals surface area contributed by atoms with Crippen molar-refractivity contribution in [3.63, 3.8) is 0 Å². The minimum atomic E-state index is -0.778. The molecule has 0 N–H and O–H groups in total. The minimum absolute atomic E-state index is 0.120. The van der Waals surface area contributed by atoms with Crippen LogP contribution in [0.1, 0.15) is 11.3 Å². The van der Waals surface area contributed by atoms with E-state index in [0.29, 0.717) is 12.7 Å². The number of carbonyl (C=O) groups is 2. The lowest BCUT2D eigenvalue weighted by molar-refractivity contribution is -0.148. The van der Waals surface area contributed by atoms with Crippen LogP contribution in [0.2, 0.25) is 0 Å². The zero-order chi connectivity index (χ0) is 12.7. The smallest absolute Gasteiger partial charge is 0.316 e. The van der Waals surface area contributed by atoms with Crippen molar-refractivity contribution in [1.82, 2.24) is 4.98 Å². The Morgan fingerprint density at radius 3 is 2.88 bits per heavy atom. The first-order valence-corrected chi connectivity index (χ1v) is 5.31. The van der Waals surface area contributed by atoms with Gasteiger partial charge in [0.2, 0.25) is 0 Å². The largest absolute Gasteiger partial charge is 0.461 e. The molecular weight excluding hydrogens is 218 g/mol. The Hall–Kier alpha value is -1.97. The molecule has 0 aromatic carbocycles. The van der Waals surface area contributed by atoms with E-state index >= 15 is 0 Å². The molecule has 0 bridgehead atoms. The van der Waals surface area contributed by atoms with Crippen molar-refractivity contribution in [1.29, 1.82) is 0 Å². The molecule has 1 atom stereocenters. The predicted octanol–water partition coefficient (Wildman–Crippen LogP) is 1.48. The van der Waals surface area contributed by atoms with Crippen molar-refractivity contribution in [2.75, 3.05) is 6.61 Å². The van der Waals surface area contributed by atoms with Crippen molar-refractivity contribution in [2.24, 2.45) is 5.92 Å². The van der Waals surface area contributed by atoms with E-state index in [2.05, 4.69) is 11.6 Å². The first kappa shape index (κ1) is 13.1. The maximum absolute atomic E-state index is 11.5. The second-order valence-corrected chi connectivity index (χ2v) is 3.67. The van der Waals surface area contributed by atoms with Gasteiger partial charge in [0.05, 0.1) is 0 Å². The second-order valence-electron chi connectivity index (χ2n) is 3.67.